The van der Waals surface area contributed by atoms with Gasteiger partial charge in [-0.1, -0.05) is 6.92 Å². The van der Waals surface area contributed by atoms with Gasteiger partial charge in [0, 0.05) is 6.42 Å². The van der Waals surface area contributed by atoms with E-state index < -0.39 is 0 Å². The van der Waals surface area contributed by atoms with Crippen molar-refractivity contribution in [3.63, 3.8) is 0 Å². The second-order valence-electron chi connectivity index (χ2n) is 2.17. The van der Waals surface area contributed by atoms with Crippen molar-refractivity contribution < 1.29 is 9.18 Å². The second-order valence-corrected chi connectivity index (χ2v) is 2.17. The van der Waals surface area contributed by atoms with Crippen molar-refractivity contribution in [1.29, 1.82) is 0 Å². The fraction of sp³-hybridized carbons (Fsp3) is 0.833. The number of hydrogen-bond acceptors (Lipinski definition) is 1. The molecule has 1 nitrogen and oxygen atoms in total. The number of Topliss-reactive ketones (excluding diaryl/α,β-unsaturated/α-hetero) is 1. The van der Waals surface area contributed by atoms with Gasteiger partial charge in [0.05, 0.1) is 6.67 Å². The van der Waals surface area contributed by atoms with Crippen LogP contribution >= 0.6 is 0 Å². The van der Waals surface area contributed by atoms with Crippen molar-refractivity contribution in [3.05, 3.63) is 0 Å². The minimum absolute atomic E-state index is 0. The van der Waals surface area contributed by atoms with Crippen LogP contribution in [0.25, 0.3) is 0 Å². The maximum atomic E-state index is 11.6. The molecule has 0 amide bonds. The molecule has 0 aromatic rings. The van der Waals surface area contributed by atoms with E-state index in [2.05, 4.69) is 0 Å². The van der Waals surface area contributed by atoms with E-state index in [9.17, 15) is 9.18 Å². The van der Waals surface area contributed by atoms with E-state index in [1.54, 1.807) is 6.92 Å². The van der Waals surface area contributed by atoms with Gasteiger partial charge in [-0.2, -0.15) is 0 Å². The summed E-state index contributed by atoms with van der Waals surface area (Å²) in [5.74, 6) is -0.0253. The number of alkyl halides is 1. The van der Waals surface area contributed by atoms with Crippen LogP contribution in [0.2, 0.25) is 0 Å². The number of halogens is 1. The zero-order valence-corrected chi connectivity index (χ0v) is 5.28. The monoisotopic (exact) mass is 142 g/mol. The van der Waals surface area contributed by atoms with Crippen molar-refractivity contribution in [2.45, 2.75) is 20.3 Å². The maximum absolute atomic E-state index is 11.6. The first-order valence-electron chi connectivity index (χ1n) is 2.72. The van der Waals surface area contributed by atoms with Gasteiger partial charge in [-0.15, -0.1) is 0 Å². The Balaban J connectivity index is 0. The third-order valence-electron chi connectivity index (χ3n) is 0.899. The van der Waals surface area contributed by atoms with Crippen LogP contribution in [0.1, 0.15) is 20.3 Å². The fourth-order valence-corrected chi connectivity index (χ4v) is 0.545. The average Bonchev–Trinajstić information content (AvgIpc) is 1.65. The topological polar surface area (TPSA) is 17.1 Å². The molecule has 0 rings (SSSR count). The van der Waals surface area contributed by atoms with Gasteiger partial charge in [0.2, 0.25) is 0 Å². The standard InChI is InChI=1S/C6H11FO.Na.H/c1-5(4-7)3-6(2)8;;/h5H,3-4H2,1-2H3;;. The number of carbonyl (C=O) groups is 1. The number of rotatable bonds is 3. The zero-order chi connectivity index (χ0) is 6.57. The van der Waals surface area contributed by atoms with Gasteiger partial charge < -0.3 is 4.79 Å². The van der Waals surface area contributed by atoms with E-state index in [-0.39, 0.29) is 47.9 Å². The molecule has 3 heteroatoms. The third-order valence-corrected chi connectivity index (χ3v) is 0.899. The van der Waals surface area contributed by atoms with Crippen LogP contribution in [-0.4, -0.2) is 42.0 Å². The van der Waals surface area contributed by atoms with Gasteiger partial charge >= 0.3 is 29.6 Å². The van der Waals surface area contributed by atoms with Crippen molar-refractivity contribution in [3.8, 4) is 0 Å². The molecule has 0 saturated heterocycles. The van der Waals surface area contributed by atoms with Crippen molar-refractivity contribution in [1.82, 2.24) is 0 Å². The van der Waals surface area contributed by atoms with Gasteiger partial charge in [-0.3, -0.25) is 4.39 Å². The summed E-state index contributed by atoms with van der Waals surface area (Å²) in [6.07, 6.45) is 0.372. The molecule has 0 bridgehead atoms. The molecule has 0 saturated carbocycles. The summed E-state index contributed by atoms with van der Waals surface area (Å²) in [7, 11) is 0. The molecule has 0 N–H and O–H groups in total. The summed E-state index contributed by atoms with van der Waals surface area (Å²) in [5, 5.41) is 0. The molecule has 0 aliphatic heterocycles. The third kappa shape index (κ3) is 8.60. The van der Waals surface area contributed by atoms with Crippen molar-refractivity contribution in [2.24, 2.45) is 5.92 Å². The Hall–Kier alpha value is 0.600. The van der Waals surface area contributed by atoms with E-state index in [0.717, 1.165) is 0 Å². The summed E-state index contributed by atoms with van der Waals surface area (Å²) in [5.41, 5.74) is 0. The van der Waals surface area contributed by atoms with Crippen LogP contribution in [-0.2, 0) is 4.79 Å². The molecule has 0 spiro atoms. The van der Waals surface area contributed by atoms with E-state index in [1.165, 1.54) is 6.92 Å². The van der Waals surface area contributed by atoms with Gasteiger partial charge in [0.25, 0.3) is 0 Å². The first-order chi connectivity index (χ1) is 3.66. The Kier molecular flexibility index (Phi) is 9.17. The number of carbonyl (C=O) groups excluding carboxylic acids is 1. The number of ketones is 1. The Morgan fingerprint density at radius 3 is 2.22 bits per heavy atom. The van der Waals surface area contributed by atoms with Gasteiger partial charge in [0.1, 0.15) is 5.78 Å². The molecular formula is C6H12FNaO. The molecule has 9 heavy (non-hydrogen) atoms. The van der Waals surface area contributed by atoms with Gasteiger partial charge in [-0.25, -0.2) is 0 Å². The zero-order valence-electron chi connectivity index (χ0n) is 5.28. The molecule has 0 aliphatic carbocycles. The second kappa shape index (κ2) is 6.72. The quantitative estimate of drug-likeness (QED) is 0.535. The van der Waals surface area contributed by atoms with Crippen LogP contribution in [0.15, 0.2) is 0 Å². The molecule has 0 aromatic carbocycles. The first kappa shape index (κ1) is 12.3. The van der Waals surface area contributed by atoms with Crippen LogP contribution in [0.5, 0.6) is 0 Å². The Labute approximate surface area is 77.3 Å². The van der Waals surface area contributed by atoms with Crippen LogP contribution in [0.4, 0.5) is 4.39 Å². The van der Waals surface area contributed by atoms with E-state index in [1.807, 2.05) is 0 Å². The van der Waals surface area contributed by atoms with E-state index in [0.29, 0.717) is 6.42 Å². The summed E-state index contributed by atoms with van der Waals surface area (Å²) in [6.45, 7) is 2.81. The molecule has 1 unspecified atom stereocenters. The SMILES string of the molecule is CC(=O)CC(C)CF.[NaH]. The fourth-order valence-electron chi connectivity index (χ4n) is 0.545. The van der Waals surface area contributed by atoms with Gasteiger partial charge in [0.15, 0.2) is 0 Å². The van der Waals surface area contributed by atoms with E-state index >= 15 is 0 Å². The summed E-state index contributed by atoms with van der Waals surface area (Å²) in [4.78, 5) is 10.2. The summed E-state index contributed by atoms with van der Waals surface area (Å²) >= 11 is 0. The van der Waals surface area contributed by atoms with Gasteiger partial charge in [-0.05, 0) is 12.8 Å². The molecule has 0 fully saturated rings. The van der Waals surface area contributed by atoms with Crippen LogP contribution in [0, 0.1) is 5.92 Å². The van der Waals surface area contributed by atoms with Crippen molar-refractivity contribution >= 4 is 35.3 Å². The predicted molar refractivity (Wildman–Crippen MR) is 37.6 cm³/mol. The molecule has 1 atom stereocenters. The normalized spacial score (nSPS) is 11.9. The Bertz CT molecular complexity index is 85.1. The molecule has 0 aromatic heterocycles. The molecular weight excluding hydrogens is 130 g/mol. The van der Waals surface area contributed by atoms with E-state index in [4.69, 9.17) is 0 Å². The van der Waals surface area contributed by atoms with Crippen LogP contribution in [0.3, 0.4) is 0 Å². The Morgan fingerprint density at radius 1 is 1.67 bits per heavy atom. The van der Waals surface area contributed by atoms with Crippen LogP contribution < -0.4 is 0 Å². The molecule has 50 valence electrons. The first-order valence-corrected chi connectivity index (χ1v) is 2.72. The minimum atomic E-state index is -0.389. The Morgan fingerprint density at radius 2 is 2.11 bits per heavy atom. The molecule has 0 heterocycles. The van der Waals surface area contributed by atoms with Crippen molar-refractivity contribution in [2.75, 3.05) is 6.67 Å². The number of hydrogen-bond donors (Lipinski definition) is 0. The summed E-state index contributed by atoms with van der Waals surface area (Å²) < 4.78 is 11.6. The molecule has 0 radical (unpaired) electrons. The summed E-state index contributed by atoms with van der Waals surface area (Å²) in [6, 6.07) is 0. The average molecular weight is 142 g/mol. The molecule has 0 aliphatic rings. The predicted octanol–water partition coefficient (Wildman–Crippen LogP) is 0.923.